The van der Waals surface area contributed by atoms with Crippen LogP contribution in [-0.4, -0.2) is 56.6 Å². The second kappa shape index (κ2) is 6.68. The molecule has 0 fully saturated rings. The van der Waals surface area contributed by atoms with E-state index in [-0.39, 0.29) is 0 Å². The van der Waals surface area contributed by atoms with E-state index in [9.17, 15) is 0 Å². The summed E-state index contributed by atoms with van der Waals surface area (Å²) in [6.45, 7) is 0. The molecule has 6 aromatic rings. The van der Waals surface area contributed by atoms with E-state index in [0.29, 0.717) is 32.8 Å². The van der Waals surface area contributed by atoms with Crippen molar-refractivity contribution in [1.29, 1.82) is 0 Å². The number of fused-ring (bicyclic) bond motifs is 7. The topological polar surface area (TPSA) is 20.7 Å². The van der Waals surface area contributed by atoms with Crippen molar-refractivity contribution in [3.63, 3.8) is 0 Å². The first-order chi connectivity index (χ1) is 15.4. The van der Waals surface area contributed by atoms with E-state index >= 15 is 0 Å². The van der Waals surface area contributed by atoms with Gasteiger partial charge in [-0.1, -0.05) is 75.2 Å². The first-order valence-electron chi connectivity index (χ1n) is 10.1. The first-order valence-corrected chi connectivity index (χ1v) is 10.1. The highest BCUT2D eigenvalue weighted by Gasteiger charge is 2.22. The molecule has 4 aromatic carbocycles. The summed E-state index contributed by atoms with van der Waals surface area (Å²) in [7, 11) is 38.3. The second-order valence-corrected chi connectivity index (χ2v) is 8.14. The quantitative estimate of drug-likeness (QED) is 0.354. The fraction of sp³-hybridized carbons (Fsp3) is 0. The van der Waals surface area contributed by atoms with E-state index in [1.54, 1.807) is 12.1 Å². The van der Waals surface area contributed by atoms with Gasteiger partial charge in [0.15, 0.2) is 0 Å². The molecule has 1 N–H and O–H groups in total. The molecule has 12 radical (unpaired) electrons. The number of hydrogen-bond acceptors (Lipinski definition) is 0. The summed E-state index contributed by atoms with van der Waals surface area (Å²) < 4.78 is 2.09. The highest BCUT2D eigenvalue weighted by Crippen LogP contribution is 2.35. The number of benzene rings is 4. The van der Waals surface area contributed by atoms with Crippen LogP contribution in [0.3, 0.4) is 0 Å². The molecule has 0 aliphatic heterocycles. The summed E-state index contributed by atoms with van der Waals surface area (Å²) in [5.74, 6) is 0. The summed E-state index contributed by atoms with van der Waals surface area (Å²) >= 11 is 0. The lowest BCUT2D eigenvalue weighted by molar-refractivity contribution is 1.19. The van der Waals surface area contributed by atoms with Crippen LogP contribution in [0.25, 0.3) is 49.3 Å². The van der Waals surface area contributed by atoms with E-state index in [2.05, 4.69) is 9.55 Å². The van der Waals surface area contributed by atoms with E-state index in [0.717, 1.165) is 49.3 Å². The molecule has 2 heterocycles. The van der Waals surface area contributed by atoms with Gasteiger partial charge < -0.3 is 9.55 Å². The van der Waals surface area contributed by atoms with Crippen molar-refractivity contribution in [2.45, 2.75) is 0 Å². The van der Waals surface area contributed by atoms with Crippen LogP contribution in [0.15, 0.2) is 54.6 Å². The minimum Gasteiger partial charge on any atom is -0.353 e. The molecule has 6 rings (SSSR count). The first kappa shape index (κ1) is 19.5. The Morgan fingerprint density at radius 1 is 0.594 bits per heavy atom. The van der Waals surface area contributed by atoms with Crippen LogP contribution in [0.2, 0.25) is 0 Å². The van der Waals surface area contributed by atoms with Gasteiger partial charge in [0.1, 0.15) is 47.1 Å². The Hall–Kier alpha value is -3.13. The molecule has 0 unspecified atom stereocenters. The van der Waals surface area contributed by atoms with Crippen molar-refractivity contribution in [1.82, 2.24) is 9.55 Å². The summed E-state index contributed by atoms with van der Waals surface area (Å²) in [6, 6.07) is 17.2. The van der Waals surface area contributed by atoms with Crippen LogP contribution in [0, 0.1) is 0 Å². The molecular weight excluding hydrogens is 381 g/mol. The molecule has 32 heavy (non-hydrogen) atoms. The van der Waals surface area contributed by atoms with Crippen LogP contribution in [0.5, 0.6) is 0 Å². The molecule has 0 aliphatic carbocycles. The maximum atomic E-state index is 6.67. The fourth-order valence-corrected chi connectivity index (χ4v) is 4.89. The lowest BCUT2D eigenvalue weighted by Crippen LogP contribution is -2.27. The molecule has 0 aliphatic rings. The van der Waals surface area contributed by atoms with Crippen molar-refractivity contribution in [3.8, 4) is 5.69 Å². The zero-order valence-electron chi connectivity index (χ0n) is 17.1. The van der Waals surface area contributed by atoms with Gasteiger partial charge in [-0.3, -0.25) is 0 Å². The number of aromatic nitrogens is 2. The van der Waals surface area contributed by atoms with Crippen LogP contribution < -0.4 is 32.8 Å². The van der Waals surface area contributed by atoms with Gasteiger partial charge in [-0.05, 0) is 12.1 Å². The summed E-state index contributed by atoms with van der Waals surface area (Å²) in [6.07, 6.45) is 0. The average molecular weight is 391 g/mol. The Labute approximate surface area is 193 Å². The molecule has 0 bridgehead atoms. The fourth-order valence-electron chi connectivity index (χ4n) is 4.89. The molecule has 0 saturated carbocycles. The largest absolute Gasteiger partial charge is 0.353 e. The molecule has 0 amide bonds. The highest BCUT2D eigenvalue weighted by molar-refractivity contribution is 6.61. The van der Waals surface area contributed by atoms with E-state index in [1.165, 1.54) is 0 Å². The van der Waals surface area contributed by atoms with Gasteiger partial charge in [-0.15, -0.1) is 0 Å². The third-order valence-corrected chi connectivity index (χ3v) is 6.16. The number of hydrogen-bond donors (Lipinski definition) is 1. The number of H-pyrrole nitrogens is 1. The predicted molar refractivity (Wildman–Crippen MR) is 142 cm³/mol. The smallest absolute Gasteiger partial charge is 0.116 e. The van der Waals surface area contributed by atoms with Crippen LogP contribution in [-0.2, 0) is 0 Å². The Morgan fingerprint density at radius 2 is 1.22 bits per heavy atom. The van der Waals surface area contributed by atoms with Gasteiger partial charge in [0.2, 0.25) is 0 Å². The number of para-hydroxylation sites is 1. The van der Waals surface area contributed by atoms with Crippen molar-refractivity contribution in [2.24, 2.45) is 0 Å². The number of nitrogens with one attached hydrogen (secondary N) is 1. The van der Waals surface area contributed by atoms with Gasteiger partial charge in [0.05, 0.1) is 11.0 Å². The molecule has 0 spiro atoms. The summed E-state index contributed by atoms with van der Waals surface area (Å²) in [5.41, 5.74) is 7.24. The Balaban J connectivity index is 2.00. The molecule has 134 valence electrons. The molecule has 0 atom stereocenters. The monoisotopic (exact) mass is 392 g/mol. The van der Waals surface area contributed by atoms with E-state index in [1.807, 2.05) is 42.5 Å². The predicted octanol–water partition coefficient (Wildman–Crippen LogP) is -0.819. The summed E-state index contributed by atoms with van der Waals surface area (Å²) in [4.78, 5) is 3.48. The Bertz CT molecular complexity index is 1730. The summed E-state index contributed by atoms with van der Waals surface area (Å²) in [5, 5.41) is 3.21. The lowest BCUT2D eigenvalue weighted by atomic mass is 9.74. The average Bonchev–Trinajstić information content (AvgIpc) is 3.29. The molecular formula is C24H10B6N2. The molecule has 2 aromatic heterocycles. The zero-order chi connectivity index (χ0) is 22.3. The van der Waals surface area contributed by atoms with Gasteiger partial charge in [-0.25, -0.2) is 0 Å². The van der Waals surface area contributed by atoms with Gasteiger partial charge in [-0.2, -0.15) is 0 Å². The van der Waals surface area contributed by atoms with E-state index < -0.39 is 0 Å². The minimum atomic E-state index is 0.455. The Kier molecular flexibility index (Phi) is 4.08. The molecule has 0 saturated heterocycles. The van der Waals surface area contributed by atoms with Gasteiger partial charge in [0.25, 0.3) is 0 Å². The second-order valence-electron chi connectivity index (χ2n) is 8.14. The van der Waals surface area contributed by atoms with Crippen molar-refractivity contribution < 1.29 is 0 Å². The van der Waals surface area contributed by atoms with Gasteiger partial charge >= 0.3 is 0 Å². The van der Waals surface area contributed by atoms with Crippen molar-refractivity contribution in [2.75, 3.05) is 0 Å². The van der Waals surface area contributed by atoms with Crippen LogP contribution in [0.1, 0.15) is 0 Å². The highest BCUT2D eigenvalue weighted by atomic mass is 15.0. The molecule has 8 heteroatoms. The number of rotatable bonds is 1. The van der Waals surface area contributed by atoms with Gasteiger partial charge in [0, 0.05) is 38.3 Å². The van der Waals surface area contributed by atoms with Crippen molar-refractivity contribution in [3.05, 3.63) is 54.6 Å². The minimum absolute atomic E-state index is 0.455. The van der Waals surface area contributed by atoms with Crippen LogP contribution in [0.4, 0.5) is 0 Å². The lowest BCUT2D eigenvalue weighted by Gasteiger charge is -2.12. The zero-order valence-corrected chi connectivity index (χ0v) is 17.1. The van der Waals surface area contributed by atoms with Crippen LogP contribution >= 0.6 is 0 Å². The van der Waals surface area contributed by atoms with Crippen molar-refractivity contribution >= 4 is 123 Å². The Morgan fingerprint density at radius 3 is 1.94 bits per heavy atom. The number of nitrogens with zero attached hydrogens (tertiary/aromatic N) is 1. The standard InChI is InChI=1S/C24H10B6N2/c25-10-6-13-17-19(29)20(30)18-14-7-11(26)9-16(28)23(14)32(12-4-2-1-3-5-12)24(18)22(17)31-21(13)15(27)8-10/h1-9,31H. The number of aromatic amines is 1. The maximum absolute atomic E-state index is 6.67. The van der Waals surface area contributed by atoms with E-state index in [4.69, 9.17) is 47.1 Å². The normalized spacial score (nSPS) is 11.9. The third kappa shape index (κ3) is 2.50. The maximum Gasteiger partial charge on any atom is 0.116 e. The SMILES string of the molecule is [B]c1cc([B])c2[nH]c3c(c([B])c([B])c4c5cc([B])cc([B])c5n(-c5ccccc5)c34)c2c1. The third-order valence-electron chi connectivity index (χ3n) is 6.16. The molecule has 2 nitrogen and oxygen atoms in total.